The molecule has 2 aromatic carbocycles. The maximum absolute atomic E-state index is 13.9. The van der Waals surface area contributed by atoms with Crippen molar-refractivity contribution < 1.29 is 18.4 Å². The van der Waals surface area contributed by atoms with Gasteiger partial charge in [-0.2, -0.15) is 0 Å². The molecule has 0 aliphatic carbocycles. The zero-order valence-electron chi connectivity index (χ0n) is 17.3. The van der Waals surface area contributed by atoms with Gasteiger partial charge in [0.1, 0.15) is 18.2 Å². The third-order valence-corrected chi connectivity index (χ3v) is 5.51. The lowest BCUT2D eigenvalue weighted by atomic mass is 10.2. The van der Waals surface area contributed by atoms with Gasteiger partial charge < -0.3 is 15.1 Å². The Kier molecular flexibility index (Phi) is 8.10. The fourth-order valence-electron chi connectivity index (χ4n) is 3.03. The van der Waals surface area contributed by atoms with Crippen molar-refractivity contribution in [2.75, 3.05) is 18.4 Å². The van der Waals surface area contributed by atoms with E-state index >= 15 is 0 Å². The van der Waals surface area contributed by atoms with Crippen molar-refractivity contribution in [3.8, 4) is 0 Å². The molecular formula is C24H23F2N3O2S. The monoisotopic (exact) mass is 455 g/mol. The molecule has 0 bridgehead atoms. The van der Waals surface area contributed by atoms with Gasteiger partial charge in [0.05, 0.1) is 12.2 Å². The molecule has 1 aromatic heterocycles. The van der Waals surface area contributed by atoms with E-state index < -0.39 is 11.8 Å². The summed E-state index contributed by atoms with van der Waals surface area (Å²) in [4.78, 5) is 29.7. The highest BCUT2D eigenvalue weighted by molar-refractivity contribution is 7.09. The molecule has 0 unspecified atom stereocenters. The first-order valence-electron chi connectivity index (χ1n) is 9.92. The van der Waals surface area contributed by atoms with Crippen LogP contribution < -0.4 is 5.32 Å². The van der Waals surface area contributed by atoms with Gasteiger partial charge in [-0.1, -0.05) is 36.4 Å². The smallest absolute Gasteiger partial charge is 0.322 e. The molecule has 3 aromatic rings. The highest BCUT2D eigenvalue weighted by Gasteiger charge is 2.22. The molecule has 0 spiro atoms. The van der Waals surface area contributed by atoms with Crippen molar-refractivity contribution >= 4 is 29.0 Å². The van der Waals surface area contributed by atoms with E-state index in [4.69, 9.17) is 0 Å². The van der Waals surface area contributed by atoms with Crippen molar-refractivity contribution in [3.05, 3.63) is 101 Å². The summed E-state index contributed by atoms with van der Waals surface area (Å²) in [6.07, 6.45) is 1.50. The van der Waals surface area contributed by atoms with Crippen LogP contribution in [0.25, 0.3) is 0 Å². The molecule has 166 valence electrons. The lowest BCUT2D eigenvalue weighted by molar-refractivity contribution is -0.132. The van der Waals surface area contributed by atoms with Crippen LogP contribution >= 0.6 is 11.3 Å². The fourth-order valence-corrected chi connectivity index (χ4v) is 3.75. The number of rotatable bonds is 9. The minimum absolute atomic E-state index is 0.0285. The number of carbonyl (C=O) groups excluding carboxylic acids is 2. The fraction of sp³-hybridized carbons (Fsp3) is 0.167. The first-order valence-corrected chi connectivity index (χ1v) is 10.8. The number of nitrogens with one attached hydrogen (secondary N) is 1. The second-order valence-corrected chi connectivity index (χ2v) is 8.07. The van der Waals surface area contributed by atoms with E-state index in [2.05, 4.69) is 11.9 Å². The summed E-state index contributed by atoms with van der Waals surface area (Å²) in [5, 5.41) is 4.41. The molecule has 0 aliphatic heterocycles. The molecule has 8 heteroatoms. The van der Waals surface area contributed by atoms with Crippen LogP contribution in [-0.4, -0.2) is 34.8 Å². The van der Waals surface area contributed by atoms with Crippen LogP contribution in [0.2, 0.25) is 0 Å². The molecule has 3 rings (SSSR count). The molecule has 1 N–H and O–H groups in total. The summed E-state index contributed by atoms with van der Waals surface area (Å²) in [5.41, 5.74) is 0.795. The highest BCUT2D eigenvalue weighted by Crippen LogP contribution is 2.17. The van der Waals surface area contributed by atoms with Gasteiger partial charge in [-0.05, 0) is 41.3 Å². The van der Waals surface area contributed by atoms with Crippen LogP contribution in [-0.2, 0) is 17.9 Å². The maximum Gasteiger partial charge on any atom is 0.322 e. The van der Waals surface area contributed by atoms with Gasteiger partial charge in [-0.3, -0.25) is 4.79 Å². The first-order chi connectivity index (χ1) is 15.5. The van der Waals surface area contributed by atoms with E-state index in [1.165, 1.54) is 52.6 Å². The third kappa shape index (κ3) is 6.49. The minimum atomic E-state index is -0.610. The van der Waals surface area contributed by atoms with E-state index in [1.54, 1.807) is 23.1 Å². The van der Waals surface area contributed by atoms with E-state index in [0.717, 1.165) is 10.4 Å². The van der Waals surface area contributed by atoms with Crippen molar-refractivity contribution in [1.29, 1.82) is 0 Å². The zero-order valence-corrected chi connectivity index (χ0v) is 18.2. The minimum Gasteiger partial charge on any atom is -0.332 e. The topological polar surface area (TPSA) is 52.7 Å². The summed E-state index contributed by atoms with van der Waals surface area (Å²) in [6, 6.07) is 14.9. The molecule has 0 saturated heterocycles. The molecule has 1 heterocycles. The summed E-state index contributed by atoms with van der Waals surface area (Å²) in [6.45, 7) is 4.13. The molecule has 0 aliphatic rings. The standard InChI is InChI=1S/C24H23F2N3O2S/c1-2-13-28(24(31)27-22-8-4-3-7-21(22)26)17-23(30)29(16-20-6-5-14-32-20)15-18-9-11-19(25)12-10-18/h2-12,14H,1,13,15-17H2,(H,27,31). The summed E-state index contributed by atoms with van der Waals surface area (Å²) in [7, 11) is 0. The maximum atomic E-state index is 13.9. The number of hydrogen-bond acceptors (Lipinski definition) is 3. The van der Waals surface area contributed by atoms with E-state index in [-0.39, 0.29) is 37.0 Å². The van der Waals surface area contributed by atoms with E-state index in [9.17, 15) is 18.4 Å². The van der Waals surface area contributed by atoms with Crippen LogP contribution in [0, 0.1) is 11.6 Å². The predicted octanol–water partition coefficient (Wildman–Crippen LogP) is 5.28. The lowest BCUT2D eigenvalue weighted by Gasteiger charge is -2.27. The van der Waals surface area contributed by atoms with Crippen LogP contribution in [0.5, 0.6) is 0 Å². The SMILES string of the molecule is C=CCN(CC(=O)N(Cc1ccc(F)cc1)Cc1cccs1)C(=O)Nc1ccccc1F. The summed E-state index contributed by atoms with van der Waals surface area (Å²) < 4.78 is 27.2. The van der Waals surface area contributed by atoms with Crippen molar-refractivity contribution in [3.63, 3.8) is 0 Å². The predicted molar refractivity (Wildman–Crippen MR) is 122 cm³/mol. The van der Waals surface area contributed by atoms with Gasteiger partial charge in [0.2, 0.25) is 5.91 Å². The number of nitrogens with zero attached hydrogens (tertiary/aromatic N) is 2. The van der Waals surface area contributed by atoms with Crippen molar-refractivity contribution in [2.45, 2.75) is 13.1 Å². The Hall–Kier alpha value is -3.52. The molecule has 5 nitrogen and oxygen atoms in total. The van der Waals surface area contributed by atoms with E-state index in [1.807, 2.05) is 17.5 Å². The van der Waals surface area contributed by atoms with Crippen molar-refractivity contribution in [2.24, 2.45) is 0 Å². The van der Waals surface area contributed by atoms with Crippen LogP contribution in [0.1, 0.15) is 10.4 Å². The van der Waals surface area contributed by atoms with Gasteiger partial charge in [-0.25, -0.2) is 13.6 Å². The number of amides is 3. The highest BCUT2D eigenvalue weighted by atomic mass is 32.1. The number of para-hydroxylation sites is 1. The number of carbonyl (C=O) groups is 2. The van der Waals surface area contributed by atoms with Gasteiger partial charge in [0, 0.05) is 18.0 Å². The van der Waals surface area contributed by atoms with Crippen LogP contribution in [0.15, 0.2) is 78.7 Å². The number of thiophene rings is 1. The normalized spacial score (nSPS) is 10.4. The number of anilines is 1. The first kappa shape index (κ1) is 23.1. The number of benzene rings is 2. The molecule has 0 fully saturated rings. The van der Waals surface area contributed by atoms with Gasteiger partial charge in [-0.15, -0.1) is 17.9 Å². The molecule has 3 amide bonds. The molecule has 0 saturated carbocycles. The van der Waals surface area contributed by atoms with Gasteiger partial charge in [0.15, 0.2) is 0 Å². The Balaban J connectivity index is 1.74. The Labute approximate surface area is 189 Å². The van der Waals surface area contributed by atoms with Crippen molar-refractivity contribution in [1.82, 2.24) is 9.80 Å². The number of hydrogen-bond donors (Lipinski definition) is 1. The third-order valence-electron chi connectivity index (χ3n) is 4.64. The Bertz CT molecular complexity index is 1060. The van der Waals surface area contributed by atoms with Crippen LogP contribution in [0.3, 0.4) is 0 Å². The Morgan fingerprint density at radius 1 is 0.969 bits per heavy atom. The molecule has 0 atom stereocenters. The quantitative estimate of drug-likeness (QED) is 0.447. The Morgan fingerprint density at radius 2 is 1.72 bits per heavy atom. The van der Waals surface area contributed by atoms with Gasteiger partial charge >= 0.3 is 6.03 Å². The second-order valence-electron chi connectivity index (χ2n) is 7.03. The second kappa shape index (κ2) is 11.2. The Morgan fingerprint density at radius 3 is 2.38 bits per heavy atom. The number of urea groups is 1. The zero-order chi connectivity index (χ0) is 22.9. The number of halogens is 2. The van der Waals surface area contributed by atoms with Gasteiger partial charge in [0.25, 0.3) is 0 Å². The molecule has 0 radical (unpaired) electrons. The average Bonchev–Trinajstić information content (AvgIpc) is 3.29. The lowest BCUT2D eigenvalue weighted by Crippen LogP contribution is -2.44. The molecular weight excluding hydrogens is 432 g/mol. The van der Waals surface area contributed by atoms with E-state index in [0.29, 0.717) is 6.54 Å². The van der Waals surface area contributed by atoms with Crippen LogP contribution in [0.4, 0.5) is 19.3 Å². The largest absolute Gasteiger partial charge is 0.332 e. The molecule has 32 heavy (non-hydrogen) atoms. The summed E-state index contributed by atoms with van der Waals surface area (Å²) >= 11 is 1.52. The summed E-state index contributed by atoms with van der Waals surface area (Å²) in [5.74, 6) is -1.22. The average molecular weight is 456 g/mol.